The number of rotatable bonds is 7. The van der Waals surface area contributed by atoms with Crippen LogP contribution in [0.2, 0.25) is 0 Å². The first-order valence-electron chi connectivity index (χ1n) is 7.57. The number of hydrogen-bond acceptors (Lipinski definition) is 4. The molecule has 5 nitrogen and oxygen atoms in total. The molecular formula is C17H23N3O2S. The van der Waals surface area contributed by atoms with Crippen LogP contribution in [0, 0.1) is 20.8 Å². The Morgan fingerprint density at radius 3 is 2.43 bits per heavy atom. The fourth-order valence-electron chi connectivity index (χ4n) is 2.17. The summed E-state index contributed by atoms with van der Waals surface area (Å²) in [7, 11) is -3.47. The highest BCUT2D eigenvalue weighted by Gasteiger charge is 2.15. The van der Waals surface area contributed by atoms with E-state index in [1.807, 2.05) is 44.3 Å². The smallest absolute Gasteiger partial charge is 0.240 e. The molecule has 0 atom stereocenters. The average molecular weight is 333 g/mol. The Balaban J connectivity index is 1.83. The molecule has 2 N–H and O–H groups in total. The molecule has 2 rings (SSSR count). The second-order valence-electron chi connectivity index (χ2n) is 5.67. The number of aromatic nitrogens is 1. The van der Waals surface area contributed by atoms with Crippen LogP contribution in [0.5, 0.6) is 0 Å². The Kier molecular flexibility index (Phi) is 5.87. The van der Waals surface area contributed by atoms with Gasteiger partial charge in [-0.3, -0.25) is 4.98 Å². The van der Waals surface area contributed by atoms with Gasteiger partial charge in [-0.25, -0.2) is 13.1 Å². The van der Waals surface area contributed by atoms with Gasteiger partial charge in [0.25, 0.3) is 0 Å². The molecule has 0 bridgehead atoms. The van der Waals surface area contributed by atoms with E-state index in [-0.39, 0.29) is 0 Å². The van der Waals surface area contributed by atoms with Crippen molar-refractivity contribution in [2.45, 2.75) is 32.2 Å². The van der Waals surface area contributed by atoms with Crippen molar-refractivity contribution in [1.82, 2.24) is 15.0 Å². The zero-order valence-electron chi connectivity index (χ0n) is 13.8. The van der Waals surface area contributed by atoms with Crippen LogP contribution in [0.1, 0.15) is 22.4 Å². The van der Waals surface area contributed by atoms with Gasteiger partial charge in [0.2, 0.25) is 10.0 Å². The first-order chi connectivity index (χ1) is 10.9. The van der Waals surface area contributed by atoms with Crippen molar-refractivity contribution in [3.63, 3.8) is 0 Å². The molecule has 1 heterocycles. The van der Waals surface area contributed by atoms with E-state index < -0.39 is 10.0 Å². The molecule has 0 aliphatic rings. The highest BCUT2D eigenvalue weighted by molar-refractivity contribution is 7.89. The third-order valence-corrected chi connectivity index (χ3v) is 5.11. The Labute approximate surface area is 138 Å². The van der Waals surface area contributed by atoms with Crippen LogP contribution < -0.4 is 10.0 Å². The van der Waals surface area contributed by atoms with Crippen molar-refractivity contribution in [2.24, 2.45) is 0 Å². The van der Waals surface area contributed by atoms with E-state index in [4.69, 9.17) is 0 Å². The van der Waals surface area contributed by atoms with Crippen LogP contribution >= 0.6 is 0 Å². The fraction of sp³-hybridized carbons (Fsp3) is 0.353. The molecule has 0 saturated heterocycles. The lowest BCUT2D eigenvalue weighted by Crippen LogP contribution is -2.32. The number of benzene rings is 1. The second-order valence-corrected chi connectivity index (χ2v) is 7.41. The molecule has 0 unspecified atom stereocenters. The van der Waals surface area contributed by atoms with Crippen molar-refractivity contribution in [3.05, 3.63) is 58.9 Å². The molecule has 1 aromatic heterocycles. The summed E-state index contributed by atoms with van der Waals surface area (Å²) in [6.45, 7) is 7.17. The number of hydrogen-bond donors (Lipinski definition) is 2. The lowest BCUT2D eigenvalue weighted by molar-refractivity contribution is 0.574. The van der Waals surface area contributed by atoms with Gasteiger partial charge in [0.05, 0.1) is 10.6 Å². The summed E-state index contributed by atoms with van der Waals surface area (Å²) >= 11 is 0. The van der Waals surface area contributed by atoms with Crippen LogP contribution in [-0.2, 0) is 16.6 Å². The Hall–Kier alpha value is -1.76. The summed E-state index contributed by atoms with van der Waals surface area (Å²) in [5, 5.41) is 3.18. The normalized spacial score (nSPS) is 11.6. The number of nitrogens with one attached hydrogen (secondary N) is 2. The number of sulfonamides is 1. The van der Waals surface area contributed by atoms with Gasteiger partial charge in [0.15, 0.2) is 0 Å². The first-order valence-corrected chi connectivity index (χ1v) is 9.06. The lowest BCUT2D eigenvalue weighted by Gasteiger charge is -2.10. The van der Waals surface area contributed by atoms with Crippen molar-refractivity contribution >= 4 is 10.0 Å². The zero-order valence-corrected chi connectivity index (χ0v) is 14.6. The molecule has 0 aliphatic heterocycles. The summed E-state index contributed by atoms with van der Waals surface area (Å²) in [6.07, 6.45) is 1.82. The molecule has 0 saturated carbocycles. The van der Waals surface area contributed by atoms with Gasteiger partial charge in [0, 0.05) is 25.8 Å². The average Bonchev–Trinajstić information content (AvgIpc) is 2.51. The molecule has 124 valence electrons. The van der Waals surface area contributed by atoms with E-state index in [1.54, 1.807) is 13.0 Å². The van der Waals surface area contributed by atoms with E-state index in [2.05, 4.69) is 15.0 Å². The Morgan fingerprint density at radius 1 is 1.00 bits per heavy atom. The molecule has 1 aromatic carbocycles. The van der Waals surface area contributed by atoms with Gasteiger partial charge in [-0.05, 0) is 49.6 Å². The largest absolute Gasteiger partial charge is 0.310 e. The molecule has 0 aliphatic carbocycles. The maximum absolute atomic E-state index is 12.3. The number of aryl methyl sites for hydroxylation is 3. The maximum atomic E-state index is 12.3. The molecule has 0 amide bonds. The predicted octanol–water partition coefficient (Wildman–Crippen LogP) is 2.07. The molecule has 0 spiro atoms. The van der Waals surface area contributed by atoms with E-state index >= 15 is 0 Å². The summed E-state index contributed by atoms with van der Waals surface area (Å²) < 4.78 is 27.3. The van der Waals surface area contributed by atoms with Crippen LogP contribution in [0.15, 0.2) is 41.4 Å². The minimum absolute atomic E-state index is 0.335. The van der Waals surface area contributed by atoms with Crippen molar-refractivity contribution in [3.8, 4) is 0 Å². The standard InChI is InChI=1S/C17H23N3O2S/c1-13-4-6-15(3)17(10-13)23(21,22)20-9-8-18-12-16-7-5-14(2)11-19-16/h4-7,10-11,18,20H,8-9,12H2,1-3H3. The van der Waals surface area contributed by atoms with Crippen LogP contribution in [0.3, 0.4) is 0 Å². The molecule has 0 fully saturated rings. The quantitative estimate of drug-likeness (QED) is 0.761. The summed E-state index contributed by atoms with van der Waals surface area (Å²) in [6, 6.07) is 9.40. The van der Waals surface area contributed by atoms with Gasteiger partial charge in [0.1, 0.15) is 0 Å². The first kappa shape index (κ1) is 17.6. The SMILES string of the molecule is Cc1ccc(CNCCNS(=O)(=O)c2cc(C)ccc2C)nc1. The van der Waals surface area contributed by atoms with Crippen LogP contribution in [-0.4, -0.2) is 26.5 Å². The molecular weight excluding hydrogens is 310 g/mol. The van der Waals surface area contributed by atoms with Crippen molar-refractivity contribution in [1.29, 1.82) is 0 Å². The molecule has 23 heavy (non-hydrogen) atoms. The molecule has 0 radical (unpaired) electrons. The Morgan fingerprint density at radius 2 is 1.74 bits per heavy atom. The third kappa shape index (κ3) is 5.13. The van der Waals surface area contributed by atoms with Gasteiger partial charge in [-0.2, -0.15) is 0 Å². The van der Waals surface area contributed by atoms with Crippen LogP contribution in [0.25, 0.3) is 0 Å². The number of nitrogens with zero attached hydrogens (tertiary/aromatic N) is 1. The lowest BCUT2D eigenvalue weighted by atomic mass is 10.2. The highest BCUT2D eigenvalue weighted by atomic mass is 32.2. The van der Waals surface area contributed by atoms with Gasteiger partial charge in [-0.1, -0.05) is 18.2 Å². The topological polar surface area (TPSA) is 71.1 Å². The van der Waals surface area contributed by atoms with E-state index in [9.17, 15) is 8.42 Å². The van der Waals surface area contributed by atoms with Gasteiger partial charge < -0.3 is 5.32 Å². The number of pyridine rings is 1. The second kappa shape index (κ2) is 7.68. The van der Waals surface area contributed by atoms with E-state index in [1.165, 1.54) is 0 Å². The molecule has 2 aromatic rings. The van der Waals surface area contributed by atoms with Gasteiger partial charge >= 0.3 is 0 Å². The predicted molar refractivity (Wildman–Crippen MR) is 91.8 cm³/mol. The minimum Gasteiger partial charge on any atom is -0.310 e. The summed E-state index contributed by atoms with van der Waals surface area (Å²) in [4.78, 5) is 4.64. The van der Waals surface area contributed by atoms with Gasteiger partial charge in [-0.15, -0.1) is 0 Å². The minimum atomic E-state index is -3.47. The van der Waals surface area contributed by atoms with Crippen molar-refractivity contribution < 1.29 is 8.42 Å². The summed E-state index contributed by atoms with van der Waals surface area (Å²) in [5.41, 5.74) is 3.74. The van der Waals surface area contributed by atoms with Crippen molar-refractivity contribution in [2.75, 3.05) is 13.1 Å². The highest BCUT2D eigenvalue weighted by Crippen LogP contribution is 2.16. The van der Waals surface area contributed by atoms with E-state index in [0.29, 0.717) is 24.5 Å². The summed E-state index contributed by atoms with van der Waals surface area (Å²) in [5.74, 6) is 0. The fourth-order valence-corrected chi connectivity index (χ4v) is 3.53. The van der Waals surface area contributed by atoms with Crippen LogP contribution in [0.4, 0.5) is 0 Å². The van der Waals surface area contributed by atoms with E-state index in [0.717, 1.165) is 22.4 Å². The molecule has 6 heteroatoms. The third-order valence-electron chi connectivity index (χ3n) is 3.51. The Bertz CT molecular complexity index is 756. The maximum Gasteiger partial charge on any atom is 0.240 e. The zero-order chi connectivity index (χ0) is 16.9. The monoisotopic (exact) mass is 333 g/mol.